The minimum absolute atomic E-state index is 0.335. The fraction of sp³-hybridized carbons (Fsp3) is 0.938. The normalized spacial score (nSPS) is 12.3. The lowest BCUT2D eigenvalue weighted by atomic mass is 9.93. The molecule has 0 rings (SSSR count). The first-order valence-corrected chi connectivity index (χ1v) is 8.35. The molecule has 8 nitrogen and oxygen atoms in total. The van der Waals surface area contributed by atoms with Crippen LogP contribution in [-0.4, -0.2) is 82.4 Å². The van der Waals surface area contributed by atoms with Gasteiger partial charge in [0.2, 0.25) is 0 Å². The molecule has 8 heteroatoms. The Balaban J connectivity index is 0. The third kappa shape index (κ3) is 12.6. The summed E-state index contributed by atoms with van der Waals surface area (Å²) in [5.74, 6) is -0.731. The van der Waals surface area contributed by atoms with E-state index >= 15 is 0 Å². The minimum Gasteiger partial charge on any atom is -0.464 e. The molecule has 0 aromatic carbocycles. The smallest absolute Gasteiger partial charge is 0.337 e. The van der Waals surface area contributed by atoms with Crippen molar-refractivity contribution in [3.05, 3.63) is 0 Å². The second-order valence-corrected chi connectivity index (χ2v) is 5.77. The number of rotatable bonds is 13. The number of carbonyl (C=O) groups excluding carboxylic acids is 1. The molecule has 0 spiro atoms. The summed E-state index contributed by atoms with van der Waals surface area (Å²) in [6.07, 6.45) is 5.35. The van der Waals surface area contributed by atoms with Gasteiger partial charge in [0.25, 0.3) is 0 Å². The Hall–Kier alpha value is -0.770. The minimum atomic E-state index is -1.38. The predicted octanol–water partition coefficient (Wildman–Crippen LogP) is -0.815. The molecule has 0 aliphatic carbocycles. The number of carbonyl (C=O) groups is 1. The molecule has 1 unspecified atom stereocenters. The van der Waals surface area contributed by atoms with Crippen molar-refractivity contribution in [2.75, 3.05) is 39.6 Å². The van der Waals surface area contributed by atoms with Gasteiger partial charge in [0.15, 0.2) is 6.10 Å². The predicted molar refractivity (Wildman–Crippen MR) is 88.2 cm³/mol. The average Bonchev–Trinajstić information content (AvgIpc) is 2.63. The highest BCUT2D eigenvalue weighted by atomic mass is 16.5. The van der Waals surface area contributed by atoms with E-state index in [0.717, 1.165) is 19.3 Å². The number of hydrogen-bond donors (Lipinski definition) is 6. The SMILES string of the molecule is CCCCCCCCOC(=O)C(O)CO.OCC(CO)(CO)CO. The standard InChI is InChI=1S/C11H22O4.C5H12O4/c1-2-3-4-5-6-7-8-15-11(14)10(13)9-12;6-1-5(2-7,3-8)4-9/h10,12-13H,2-9H2,1H3;6-9H,1-4H2. The van der Waals surface area contributed by atoms with Crippen molar-refractivity contribution in [1.82, 2.24) is 0 Å². The van der Waals surface area contributed by atoms with E-state index in [4.69, 9.17) is 35.4 Å². The number of esters is 1. The van der Waals surface area contributed by atoms with Crippen molar-refractivity contribution in [2.45, 2.75) is 51.6 Å². The van der Waals surface area contributed by atoms with Crippen LogP contribution in [-0.2, 0) is 9.53 Å². The maximum atomic E-state index is 10.9. The second kappa shape index (κ2) is 17.1. The molecule has 0 aromatic rings. The van der Waals surface area contributed by atoms with Crippen LogP contribution in [0.4, 0.5) is 0 Å². The van der Waals surface area contributed by atoms with E-state index in [9.17, 15) is 4.79 Å². The monoisotopic (exact) mass is 354 g/mol. The van der Waals surface area contributed by atoms with Crippen molar-refractivity contribution in [1.29, 1.82) is 0 Å². The van der Waals surface area contributed by atoms with E-state index in [1.165, 1.54) is 19.3 Å². The summed E-state index contributed by atoms with van der Waals surface area (Å²) in [4.78, 5) is 10.9. The molecule has 0 saturated carbocycles. The maximum Gasteiger partial charge on any atom is 0.337 e. The molecule has 0 aliphatic heterocycles. The Morgan fingerprint density at radius 2 is 1.33 bits per heavy atom. The number of hydrogen-bond acceptors (Lipinski definition) is 8. The molecule has 0 radical (unpaired) electrons. The molecule has 0 fully saturated rings. The second-order valence-electron chi connectivity index (χ2n) is 5.77. The summed E-state index contributed by atoms with van der Waals surface area (Å²) < 4.78 is 4.75. The number of aliphatic hydroxyl groups is 6. The van der Waals surface area contributed by atoms with E-state index in [1.54, 1.807) is 0 Å². The van der Waals surface area contributed by atoms with Gasteiger partial charge in [0.05, 0.1) is 45.1 Å². The summed E-state index contributed by atoms with van der Waals surface area (Å²) in [6.45, 7) is 0.301. The number of unbranched alkanes of at least 4 members (excludes halogenated alkanes) is 5. The van der Waals surface area contributed by atoms with E-state index in [0.29, 0.717) is 6.61 Å². The molecular formula is C16H34O8. The Bertz CT molecular complexity index is 264. The first-order chi connectivity index (χ1) is 11.5. The van der Waals surface area contributed by atoms with Crippen LogP contribution in [0.3, 0.4) is 0 Å². The van der Waals surface area contributed by atoms with Crippen LogP contribution in [0.5, 0.6) is 0 Å². The van der Waals surface area contributed by atoms with Crippen LogP contribution >= 0.6 is 0 Å². The summed E-state index contributed by atoms with van der Waals surface area (Å²) in [5.41, 5.74) is -1.11. The third-order valence-electron chi connectivity index (χ3n) is 3.53. The topological polar surface area (TPSA) is 148 Å². The quantitative estimate of drug-likeness (QED) is 0.186. The lowest BCUT2D eigenvalue weighted by Crippen LogP contribution is -2.37. The van der Waals surface area contributed by atoms with Crippen LogP contribution in [0.1, 0.15) is 45.4 Å². The fourth-order valence-corrected chi connectivity index (χ4v) is 1.53. The lowest BCUT2D eigenvalue weighted by molar-refractivity contribution is -0.155. The average molecular weight is 354 g/mol. The lowest BCUT2D eigenvalue weighted by Gasteiger charge is -2.23. The van der Waals surface area contributed by atoms with Crippen molar-refractivity contribution < 1.29 is 40.2 Å². The van der Waals surface area contributed by atoms with Gasteiger partial charge in [-0.1, -0.05) is 39.0 Å². The molecule has 0 aromatic heterocycles. The van der Waals surface area contributed by atoms with E-state index < -0.39 is 50.5 Å². The summed E-state index contributed by atoms with van der Waals surface area (Å²) in [5, 5.41) is 51.3. The van der Waals surface area contributed by atoms with E-state index in [1.807, 2.05) is 0 Å². The Morgan fingerprint density at radius 3 is 1.71 bits per heavy atom. The van der Waals surface area contributed by atoms with Gasteiger partial charge in [-0.25, -0.2) is 4.79 Å². The van der Waals surface area contributed by atoms with Crippen LogP contribution in [0.15, 0.2) is 0 Å². The maximum absolute atomic E-state index is 10.9. The Kier molecular flexibility index (Phi) is 18.1. The van der Waals surface area contributed by atoms with Gasteiger partial charge < -0.3 is 35.4 Å². The van der Waals surface area contributed by atoms with Gasteiger partial charge in [-0.3, -0.25) is 0 Å². The molecule has 24 heavy (non-hydrogen) atoms. The van der Waals surface area contributed by atoms with Crippen LogP contribution in [0, 0.1) is 5.41 Å². The first kappa shape index (κ1) is 25.5. The van der Waals surface area contributed by atoms with Crippen LogP contribution < -0.4 is 0 Å². The van der Waals surface area contributed by atoms with Crippen LogP contribution in [0.25, 0.3) is 0 Å². The summed E-state index contributed by atoms with van der Waals surface area (Å²) >= 11 is 0. The highest BCUT2D eigenvalue weighted by Gasteiger charge is 2.26. The van der Waals surface area contributed by atoms with Crippen molar-refractivity contribution in [3.63, 3.8) is 0 Å². The highest BCUT2D eigenvalue weighted by Crippen LogP contribution is 2.11. The fourth-order valence-electron chi connectivity index (χ4n) is 1.53. The van der Waals surface area contributed by atoms with Gasteiger partial charge in [0, 0.05) is 0 Å². The van der Waals surface area contributed by atoms with Crippen molar-refractivity contribution in [3.8, 4) is 0 Å². The van der Waals surface area contributed by atoms with Gasteiger partial charge in [-0.2, -0.15) is 0 Å². The zero-order valence-electron chi connectivity index (χ0n) is 14.6. The van der Waals surface area contributed by atoms with Gasteiger partial charge in [0.1, 0.15) is 0 Å². The summed E-state index contributed by atoms with van der Waals surface area (Å²) in [6, 6.07) is 0. The summed E-state index contributed by atoms with van der Waals surface area (Å²) in [7, 11) is 0. The third-order valence-corrected chi connectivity index (χ3v) is 3.53. The van der Waals surface area contributed by atoms with Crippen molar-refractivity contribution >= 4 is 5.97 Å². The van der Waals surface area contributed by atoms with Gasteiger partial charge in [-0.15, -0.1) is 0 Å². The number of ether oxygens (including phenoxy) is 1. The molecule has 146 valence electrons. The zero-order chi connectivity index (χ0) is 18.8. The zero-order valence-corrected chi connectivity index (χ0v) is 14.6. The molecule has 1 atom stereocenters. The first-order valence-electron chi connectivity index (χ1n) is 8.35. The molecule has 0 saturated heterocycles. The number of aliphatic hydroxyl groups excluding tert-OH is 6. The molecular weight excluding hydrogens is 320 g/mol. The molecule has 0 bridgehead atoms. The van der Waals surface area contributed by atoms with Crippen molar-refractivity contribution in [2.24, 2.45) is 5.41 Å². The molecule has 6 N–H and O–H groups in total. The largest absolute Gasteiger partial charge is 0.464 e. The Labute approximate surface area is 143 Å². The molecule has 0 heterocycles. The highest BCUT2D eigenvalue weighted by molar-refractivity contribution is 5.74. The molecule has 0 amide bonds. The van der Waals surface area contributed by atoms with E-state index in [-0.39, 0.29) is 0 Å². The van der Waals surface area contributed by atoms with E-state index in [2.05, 4.69) is 6.92 Å². The molecule has 0 aliphatic rings. The van der Waals surface area contributed by atoms with Crippen LogP contribution in [0.2, 0.25) is 0 Å². The van der Waals surface area contributed by atoms with Gasteiger partial charge >= 0.3 is 5.97 Å². The van der Waals surface area contributed by atoms with Gasteiger partial charge in [-0.05, 0) is 6.42 Å². The Morgan fingerprint density at radius 1 is 0.875 bits per heavy atom.